The Morgan fingerprint density at radius 3 is 2.18 bits per heavy atom. The number of rotatable bonds is 8. The predicted molar refractivity (Wildman–Crippen MR) is 126 cm³/mol. The summed E-state index contributed by atoms with van der Waals surface area (Å²) in [5.41, 5.74) is 3.13. The van der Waals surface area contributed by atoms with Crippen LogP contribution in [0.4, 0.5) is 0 Å². The van der Waals surface area contributed by atoms with E-state index in [1.807, 2.05) is 71.6 Å². The van der Waals surface area contributed by atoms with Gasteiger partial charge in [0.1, 0.15) is 6.61 Å². The van der Waals surface area contributed by atoms with Crippen molar-refractivity contribution in [1.82, 2.24) is 4.90 Å². The molecule has 0 aromatic heterocycles. The van der Waals surface area contributed by atoms with Crippen molar-refractivity contribution in [2.75, 3.05) is 34.5 Å². The molecule has 0 saturated heterocycles. The van der Waals surface area contributed by atoms with Crippen LogP contribution < -0.4 is 18.9 Å². The number of para-hydroxylation sites is 2. The van der Waals surface area contributed by atoms with Crippen LogP contribution in [0.3, 0.4) is 0 Å². The Balaban J connectivity index is 1.66. The van der Waals surface area contributed by atoms with Crippen LogP contribution in [-0.2, 0) is 17.6 Å². The quantitative estimate of drug-likeness (QED) is 0.510. The van der Waals surface area contributed by atoms with E-state index < -0.39 is 0 Å². The van der Waals surface area contributed by atoms with E-state index >= 15 is 0 Å². The molecular weight excluding hydrogens is 418 g/mol. The Bertz CT molecular complexity index is 1100. The van der Waals surface area contributed by atoms with E-state index in [0.717, 1.165) is 23.1 Å². The minimum Gasteiger partial charge on any atom is -0.493 e. The van der Waals surface area contributed by atoms with Gasteiger partial charge in [-0.15, -0.1) is 0 Å². The second kappa shape index (κ2) is 10.3. The summed E-state index contributed by atoms with van der Waals surface area (Å²) >= 11 is 0. The molecule has 0 unspecified atom stereocenters. The molecule has 1 atom stereocenters. The minimum absolute atomic E-state index is 0.0651. The van der Waals surface area contributed by atoms with Crippen LogP contribution in [0.25, 0.3) is 0 Å². The van der Waals surface area contributed by atoms with Crippen molar-refractivity contribution in [1.29, 1.82) is 0 Å². The fourth-order valence-electron chi connectivity index (χ4n) is 4.29. The number of fused-ring (bicyclic) bond motifs is 1. The third-order valence-corrected chi connectivity index (χ3v) is 5.99. The number of carbonyl (C=O) groups excluding carboxylic acids is 1. The molecule has 172 valence electrons. The number of hydrogen-bond acceptors (Lipinski definition) is 5. The number of ether oxygens (including phenoxy) is 4. The summed E-state index contributed by atoms with van der Waals surface area (Å²) in [6, 6.07) is 21.0. The van der Waals surface area contributed by atoms with Crippen molar-refractivity contribution >= 4 is 5.91 Å². The molecule has 0 aliphatic carbocycles. The minimum atomic E-state index is -0.269. The SMILES string of the molecule is COc1cc2c(cc1OC)[C@@H](COc1ccccc1OC)N(C(=O)Cc1ccccc1)CC2. The molecule has 0 saturated carbocycles. The first-order valence-electron chi connectivity index (χ1n) is 11.0. The maximum absolute atomic E-state index is 13.4. The van der Waals surface area contributed by atoms with Gasteiger partial charge in [0.25, 0.3) is 0 Å². The first kappa shape index (κ1) is 22.5. The Morgan fingerprint density at radius 2 is 1.48 bits per heavy atom. The van der Waals surface area contributed by atoms with Gasteiger partial charge in [0.05, 0.1) is 33.8 Å². The molecule has 0 bridgehead atoms. The van der Waals surface area contributed by atoms with Gasteiger partial charge in [-0.25, -0.2) is 0 Å². The summed E-state index contributed by atoms with van der Waals surface area (Å²) in [5.74, 6) is 2.68. The van der Waals surface area contributed by atoms with Crippen LogP contribution in [0.15, 0.2) is 66.7 Å². The lowest BCUT2D eigenvalue weighted by atomic mass is 9.91. The number of amides is 1. The zero-order chi connectivity index (χ0) is 23.2. The molecule has 0 spiro atoms. The van der Waals surface area contributed by atoms with Gasteiger partial charge in [-0.1, -0.05) is 42.5 Å². The highest BCUT2D eigenvalue weighted by Gasteiger charge is 2.33. The van der Waals surface area contributed by atoms with Gasteiger partial charge in [0.2, 0.25) is 5.91 Å². The smallest absolute Gasteiger partial charge is 0.227 e. The lowest BCUT2D eigenvalue weighted by Crippen LogP contribution is -2.43. The standard InChI is InChI=1S/C27H29NO5/c1-30-23-11-7-8-12-24(23)33-18-22-21-17-26(32-3)25(31-2)16-20(21)13-14-28(22)27(29)15-19-9-5-4-6-10-19/h4-12,16-17,22H,13-15,18H2,1-3H3/t22-/m1/s1. The van der Waals surface area contributed by atoms with Crippen LogP contribution in [-0.4, -0.2) is 45.3 Å². The van der Waals surface area contributed by atoms with Crippen LogP contribution >= 0.6 is 0 Å². The third-order valence-electron chi connectivity index (χ3n) is 5.99. The Kier molecular flexibility index (Phi) is 7.03. The maximum Gasteiger partial charge on any atom is 0.227 e. The average molecular weight is 448 g/mol. The zero-order valence-electron chi connectivity index (χ0n) is 19.2. The van der Waals surface area contributed by atoms with Crippen molar-refractivity contribution in [3.05, 3.63) is 83.4 Å². The molecule has 6 nitrogen and oxygen atoms in total. The maximum atomic E-state index is 13.4. The number of hydrogen-bond donors (Lipinski definition) is 0. The van der Waals surface area contributed by atoms with E-state index in [4.69, 9.17) is 18.9 Å². The molecule has 3 aromatic rings. The van der Waals surface area contributed by atoms with Crippen molar-refractivity contribution in [3.8, 4) is 23.0 Å². The summed E-state index contributed by atoms with van der Waals surface area (Å²) < 4.78 is 22.7. The van der Waals surface area contributed by atoms with E-state index in [-0.39, 0.29) is 11.9 Å². The van der Waals surface area contributed by atoms with Gasteiger partial charge in [0.15, 0.2) is 23.0 Å². The number of methoxy groups -OCH3 is 3. The van der Waals surface area contributed by atoms with Crippen LogP contribution in [0.5, 0.6) is 23.0 Å². The molecular formula is C27H29NO5. The number of benzene rings is 3. The van der Waals surface area contributed by atoms with Gasteiger partial charge in [-0.05, 0) is 47.4 Å². The Labute approximate surface area is 194 Å². The molecule has 0 fully saturated rings. The van der Waals surface area contributed by atoms with E-state index in [9.17, 15) is 4.79 Å². The average Bonchev–Trinajstić information content (AvgIpc) is 2.86. The lowest BCUT2D eigenvalue weighted by molar-refractivity contribution is -0.134. The van der Waals surface area contributed by atoms with Gasteiger partial charge in [-0.3, -0.25) is 4.79 Å². The molecule has 4 rings (SSSR count). The van der Waals surface area contributed by atoms with Crippen molar-refractivity contribution < 1.29 is 23.7 Å². The van der Waals surface area contributed by atoms with Gasteiger partial charge in [0, 0.05) is 6.54 Å². The largest absolute Gasteiger partial charge is 0.493 e. The van der Waals surface area contributed by atoms with Crippen LogP contribution in [0, 0.1) is 0 Å². The molecule has 1 heterocycles. The lowest BCUT2D eigenvalue weighted by Gasteiger charge is -2.38. The Hall–Kier alpha value is -3.67. The summed E-state index contributed by atoms with van der Waals surface area (Å²) in [6.07, 6.45) is 1.08. The molecule has 0 N–H and O–H groups in total. The van der Waals surface area contributed by atoms with E-state index in [2.05, 4.69) is 0 Å². The third kappa shape index (κ3) is 4.90. The summed E-state index contributed by atoms with van der Waals surface area (Å²) in [4.78, 5) is 15.3. The monoisotopic (exact) mass is 447 g/mol. The highest BCUT2D eigenvalue weighted by molar-refractivity contribution is 5.80. The van der Waals surface area contributed by atoms with E-state index in [1.165, 1.54) is 0 Å². The molecule has 33 heavy (non-hydrogen) atoms. The normalized spacial score (nSPS) is 14.9. The number of nitrogens with zero attached hydrogens (tertiary/aromatic N) is 1. The first-order valence-corrected chi connectivity index (χ1v) is 11.0. The van der Waals surface area contributed by atoms with Crippen molar-refractivity contribution in [2.45, 2.75) is 18.9 Å². The van der Waals surface area contributed by atoms with Gasteiger partial charge >= 0.3 is 0 Å². The zero-order valence-corrected chi connectivity index (χ0v) is 19.2. The molecule has 6 heteroatoms. The predicted octanol–water partition coefficient (Wildman–Crippen LogP) is 4.46. The summed E-state index contributed by atoms with van der Waals surface area (Å²) in [7, 11) is 4.86. The second-order valence-corrected chi connectivity index (χ2v) is 7.88. The molecule has 1 amide bonds. The van der Waals surface area contributed by atoms with Crippen LogP contribution in [0.2, 0.25) is 0 Å². The van der Waals surface area contributed by atoms with Gasteiger partial charge < -0.3 is 23.8 Å². The fraction of sp³-hybridized carbons (Fsp3) is 0.296. The molecule has 3 aromatic carbocycles. The van der Waals surface area contributed by atoms with E-state index in [1.54, 1.807) is 21.3 Å². The van der Waals surface area contributed by atoms with Crippen molar-refractivity contribution in [3.63, 3.8) is 0 Å². The van der Waals surface area contributed by atoms with E-state index in [0.29, 0.717) is 42.6 Å². The molecule has 1 aliphatic rings. The number of carbonyl (C=O) groups is 1. The fourth-order valence-corrected chi connectivity index (χ4v) is 4.29. The van der Waals surface area contributed by atoms with Crippen LogP contribution in [0.1, 0.15) is 22.7 Å². The molecule has 1 aliphatic heterocycles. The highest BCUT2D eigenvalue weighted by Crippen LogP contribution is 2.39. The van der Waals surface area contributed by atoms with Gasteiger partial charge in [-0.2, -0.15) is 0 Å². The Morgan fingerprint density at radius 1 is 0.848 bits per heavy atom. The summed E-state index contributed by atoms with van der Waals surface area (Å²) in [6.45, 7) is 0.900. The van der Waals surface area contributed by atoms with Crippen molar-refractivity contribution in [2.24, 2.45) is 0 Å². The topological polar surface area (TPSA) is 57.2 Å². The second-order valence-electron chi connectivity index (χ2n) is 7.88. The first-order chi connectivity index (χ1) is 16.1. The highest BCUT2D eigenvalue weighted by atomic mass is 16.5. The summed E-state index contributed by atoms with van der Waals surface area (Å²) in [5, 5.41) is 0. The molecule has 0 radical (unpaired) electrons.